The quantitative estimate of drug-likeness (QED) is 0.813. The third-order valence-electron chi connectivity index (χ3n) is 4.29. The van der Waals surface area contributed by atoms with Crippen LogP contribution in [0.3, 0.4) is 0 Å². The SMILES string of the molecule is CCN1CCCC(NC(C)C2CCCO2)CC1. The molecule has 0 bridgehead atoms. The lowest BCUT2D eigenvalue weighted by molar-refractivity contribution is 0.0788. The second-order valence-corrected chi connectivity index (χ2v) is 5.57. The minimum absolute atomic E-state index is 0.459. The summed E-state index contributed by atoms with van der Waals surface area (Å²) in [5.74, 6) is 0. The average molecular weight is 240 g/mol. The molecule has 0 aromatic carbocycles. The van der Waals surface area contributed by atoms with E-state index in [1.54, 1.807) is 0 Å². The van der Waals surface area contributed by atoms with E-state index in [0.717, 1.165) is 6.61 Å². The summed E-state index contributed by atoms with van der Waals surface area (Å²) < 4.78 is 5.76. The van der Waals surface area contributed by atoms with Crippen LogP contribution in [-0.2, 0) is 4.74 Å². The Balaban J connectivity index is 1.74. The van der Waals surface area contributed by atoms with Crippen molar-refractivity contribution in [1.82, 2.24) is 10.2 Å². The monoisotopic (exact) mass is 240 g/mol. The van der Waals surface area contributed by atoms with Gasteiger partial charge in [0.25, 0.3) is 0 Å². The molecule has 2 rings (SSSR count). The third-order valence-corrected chi connectivity index (χ3v) is 4.29. The highest BCUT2D eigenvalue weighted by molar-refractivity contribution is 4.82. The van der Waals surface area contributed by atoms with E-state index in [1.165, 1.54) is 51.7 Å². The second kappa shape index (κ2) is 6.72. The normalized spacial score (nSPS) is 33.5. The summed E-state index contributed by atoms with van der Waals surface area (Å²) >= 11 is 0. The zero-order valence-electron chi connectivity index (χ0n) is 11.5. The van der Waals surface area contributed by atoms with E-state index in [9.17, 15) is 0 Å². The standard InChI is InChI=1S/C14H28N2O/c1-3-16-9-4-6-13(8-10-16)15-12(2)14-7-5-11-17-14/h12-15H,3-11H2,1-2H3. The molecule has 2 aliphatic rings. The van der Waals surface area contributed by atoms with Crippen molar-refractivity contribution in [2.24, 2.45) is 0 Å². The summed E-state index contributed by atoms with van der Waals surface area (Å²) in [5.41, 5.74) is 0. The van der Waals surface area contributed by atoms with E-state index in [2.05, 4.69) is 24.1 Å². The summed E-state index contributed by atoms with van der Waals surface area (Å²) in [5, 5.41) is 3.79. The van der Waals surface area contributed by atoms with Gasteiger partial charge in [-0.15, -0.1) is 0 Å². The Hall–Kier alpha value is -0.120. The minimum atomic E-state index is 0.459. The molecule has 3 unspecified atom stereocenters. The molecule has 2 saturated heterocycles. The largest absolute Gasteiger partial charge is 0.377 e. The van der Waals surface area contributed by atoms with Crippen molar-refractivity contribution < 1.29 is 4.74 Å². The van der Waals surface area contributed by atoms with E-state index >= 15 is 0 Å². The molecule has 0 aromatic heterocycles. The maximum Gasteiger partial charge on any atom is 0.0726 e. The van der Waals surface area contributed by atoms with Crippen molar-refractivity contribution in [3.8, 4) is 0 Å². The number of ether oxygens (including phenoxy) is 1. The van der Waals surface area contributed by atoms with Crippen LogP contribution in [0.4, 0.5) is 0 Å². The van der Waals surface area contributed by atoms with Gasteiger partial charge in [0.1, 0.15) is 0 Å². The highest BCUT2D eigenvalue weighted by Gasteiger charge is 2.25. The van der Waals surface area contributed by atoms with Gasteiger partial charge >= 0.3 is 0 Å². The molecule has 0 aliphatic carbocycles. The Bertz CT molecular complexity index is 216. The average Bonchev–Trinajstić information content (AvgIpc) is 2.78. The van der Waals surface area contributed by atoms with Crippen LogP contribution in [0.5, 0.6) is 0 Å². The summed E-state index contributed by atoms with van der Waals surface area (Å²) in [6, 6.07) is 1.22. The molecule has 0 radical (unpaired) electrons. The Morgan fingerprint density at radius 2 is 2.12 bits per heavy atom. The van der Waals surface area contributed by atoms with E-state index in [4.69, 9.17) is 4.74 Å². The smallest absolute Gasteiger partial charge is 0.0726 e. The van der Waals surface area contributed by atoms with Gasteiger partial charge in [0.05, 0.1) is 6.10 Å². The molecule has 2 heterocycles. The van der Waals surface area contributed by atoms with Crippen LogP contribution in [0.25, 0.3) is 0 Å². The fourth-order valence-electron chi connectivity index (χ4n) is 3.11. The summed E-state index contributed by atoms with van der Waals surface area (Å²) in [6.45, 7) is 9.26. The first-order valence-electron chi connectivity index (χ1n) is 7.39. The maximum absolute atomic E-state index is 5.76. The number of rotatable bonds is 4. The molecular formula is C14H28N2O. The summed E-state index contributed by atoms with van der Waals surface area (Å²) in [7, 11) is 0. The lowest BCUT2D eigenvalue weighted by atomic mass is 10.0. The molecule has 17 heavy (non-hydrogen) atoms. The first kappa shape index (κ1) is 13.3. The highest BCUT2D eigenvalue weighted by Crippen LogP contribution is 2.18. The first-order chi connectivity index (χ1) is 8.29. The molecule has 0 amide bonds. The molecule has 3 nitrogen and oxygen atoms in total. The third kappa shape index (κ3) is 3.94. The lowest BCUT2D eigenvalue weighted by Crippen LogP contribution is -2.43. The highest BCUT2D eigenvalue weighted by atomic mass is 16.5. The minimum Gasteiger partial charge on any atom is -0.377 e. The van der Waals surface area contributed by atoms with Crippen LogP contribution >= 0.6 is 0 Å². The topological polar surface area (TPSA) is 24.5 Å². The lowest BCUT2D eigenvalue weighted by Gasteiger charge is -2.26. The first-order valence-corrected chi connectivity index (χ1v) is 7.39. The number of nitrogens with zero attached hydrogens (tertiary/aromatic N) is 1. The number of hydrogen-bond donors (Lipinski definition) is 1. The van der Waals surface area contributed by atoms with Gasteiger partial charge in [-0.25, -0.2) is 0 Å². The van der Waals surface area contributed by atoms with Crippen molar-refractivity contribution in [1.29, 1.82) is 0 Å². The van der Waals surface area contributed by atoms with Gasteiger partial charge in [0.2, 0.25) is 0 Å². The molecular weight excluding hydrogens is 212 g/mol. The van der Waals surface area contributed by atoms with Gasteiger partial charge in [0, 0.05) is 18.7 Å². The molecule has 2 fully saturated rings. The summed E-state index contributed by atoms with van der Waals surface area (Å²) in [6.07, 6.45) is 6.90. The molecule has 3 atom stereocenters. The van der Waals surface area contributed by atoms with Crippen LogP contribution in [0.2, 0.25) is 0 Å². The molecule has 2 aliphatic heterocycles. The van der Waals surface area contributed by atoms with Crippen molar-refractivity contribution in [2.45, 2.75) is 64.1 Å². The van der Waals surface area contributed by atoms with E-state index in [-0.39, 0.29) is 0 Å². The van der Waals surface area contributed by atoms with Crippen LogP contribution < -0.4 is 5.32 Å². The van der Waals surface area contributed by atoms with Crippen LogP contribution in [0.1, 0.15) is 46.0 Å². The van der Waals surface area contributed by atoms with Gasteiger partial charge < -0.3 is 15.0 Å². The van der Waals surface area contributed by atoms with Gasteiger partial charge in [-0.05, 0) is 58.7 Å². The fourth-order valence-corrected chi connectivity index (χ4v) is 3.11. The van der Waals surface area contributed by atoms with Gasteiger partial charge in [-0.2, -0.15) is 0 Å². The maximum atomic E-state index is 5.76. The van der Waals surface area contributed by atoms with Crippen molar-refractivity contribution in [3.05, 3.63) is 0 Å². The van der Waals surface area contributed by atoms with Gasteiger partial charge in [0.15, 0.2) is 0 Å². The molecule has 0 aromatic rings. The molecule has 0 spiro atoms. The van der Waals surface area contributed by atoms with E-state index in [0.29, 0.717) is 18.2 Å². The van der Waals surface area contributed by atoms with E-state index < -0.39 is 0 Å². The Labute approximate surface area is 106 Å². The van der Waals surface area contributed by atoms with Crippen molar-refractivity contribution in [3.63, 3.8) is 0 Å². The van der Waals surface area contributed by atoms with Crippen LogP contribution in [0, 0.1) is 0 Å². The molecule has 0 saturated carbocycles. The Morgan fingerprint density at radius 3 is 2.82 bits per heavy atom. The number of nitrogens with one attached hydrogen (secondary N) is 1. The van der Waals surface area contributed by atoms with Crippen LogP contribution in [-0.4, -0.2) is 49.3 Å². The Kier molecular flexibility index (Phi) is 5.26. The predicted molar refractivity (Wildman–Crippen MR) is 71.3 cm³/mol. The predicted octanol–water partition coefficient (Wildman–Crippen LogP) is 2.02. The zero-order valence-corrected chi connectivity index (χ0v) is 11.5. The van der Waals surface area contributed by atoms with Crippen LogP contribution in [0.15, 0.2) is 0 Å². The summed E-state index contributed by atoms with van der Waals surface area (Å²) in [4.78, 5) is 2.57. The van der Waals surface area contributed by atoms with Gasteiger partial charge in [-0.3, -0.25) is 0 Å². The van der Waals surface area contributed by atoms with Gasteiger partial charge in [-0.1, -0.05) is 6.92 Å². The van der Waals surface area contributed by atoms with Crippen molar-refractivity contribution in [2.75, 3.05) is 26.2 Å². The fraction of sp³-hybridized carbons (Fsp3) is 1.00. The number of likely N-dealkylation sites (tertiary alicyclic amines) is 1. The van der Waals surface area contributed by atoms with Crippen molar-refractivity contribution >= 4 is 0 Å². The van der Waals surface area contributed by atoms with E-state index in [1.807, 2.05) is 0 Å². The zero-order chi connectivity index (χ0) is 12.1. The molecule has 1 N–H and O–H groups in total. The Morgan fingerprint density at radius 1 is 1.24 bits per heavy atom. The second-order valence-electron chi connectivity index (χ2n) is 5.57. The molecule has 3 heteroatoms. The number of hydrogen-bond acceptors (Lipinski definition) is 3. The molecule has 100 valence electrons.